The summed E-state index contributed by atoms with van der Waals surface area (Å²) >= 11 is 4.41. The topological polar surface area (TPSA) is 64.1 Å². The Morgan fingerprint density at radius 2 is 2.10 bits per heavy atom. The number of nitrogens with one attached hydrogen (secondary N) is 1. The minimum absolute atomic E-state index is 0.0969. The van der Waals surface area contributed by atoms with E-state index >= 15 is 0 Å². The Morgan fingerprint density at radius 1 is 1.35 bits per heavy atom. The van der Waals surface area contributed by atoms with Crippen molar-refractivity contribution in [2.24, 2.45) is 0 Å². The first kappa shape index (κ1) is 15.1. The van der Waals surface area contributed by atoms with Gasteiger partial charge in [-0.1, -0.05) is 47.0 Å². The van der Waals surface area contributed by atoms with E-state index in [2.05, 4.69) is 15.5 Å². The van der Waals surface area contributed by atoms with Gasteiger partial charge in [-0.2, -0.15) is 0 Å². The second kappa shape index (κ2) is 7.51. The lowest BCUT2D eigenvalue weighted by molar-refractivity contribution is -0.113. The third-order valence-corrected chi connectivity index (χ3v) is 5.30. The number of para-hydroxylation sites is 2. The summed E-state index contributed by atoms with van der Waals surface area (Å²) < 4.78 is 6.88. The molecule has 106 valence electrons. The molecule has 0 radical (unpaired) electrons. The van der Waals surface area contributed by atoms with E-state index < -0.39 is 0 Å². The van der Waals surface area contributed by atoms with Gasteiger partial charge in [0.1, 0.15) is 5.75 Å². The van der Waals surface area contributed by atoms with Gasteiger partial charge in [-0.25, -0.2) is 0 Å². The maximum absolute atomic E-state index is 11.9. The quantitative estimate of drug-likeness (QED) is 0.823. The van der Waals surface area contributed by atoms with Crippen molar-refractivity contribution in [3.8, 4) is 5.75 Å². The van der Waals surface area contributed by atoms with Gasteiger partial charge >= 0.3 is 0 Å². The molecule has 0 atom stereocenters. The van der Waals surface area contributed by atoms with Crippen molar-refractivity contribution >= 4 is 46.5 Å². The van der Waals surface area contributed by atoms with Crippen LogP contribution in [0.4, 0.5) is 5.69 Å². The van der Waals surface area contributed by atoms with Crippen LogP contribution in [-0.2, 0) is 4.79 Å². The fourth-order valence-electron chi connectivity index (χ4n) is 1.40. The second-order valence-electron chi connectivity index (χ2n) is 3.58. The first-order valence-corrected chi connectivity index (χ1v) is 8.68. The van der Waals surface area contributed by atoms with Crippen LogP contribution in [0.1, 0.15) is 0 Å². The van der Waals surface area contributed by atoms with Gasteiger partial charge in [-0.3, -0.25) is 4.79 Å². The molecule has 0 spiro atoms. The smallest absolute Gasteiger partial charge is 0.234 e. The van der Waals surface area contributed by atoms with Crippen LogP contribution in [0.25, 0.3) is 0 Å². The number of thioether (sulfide) groups is 2. The Hall–Kier alpha value is -1.25. The van der Waals surface area contributed by atoms with Crippen LogP contribution in [-0.4, -0.2) is 35.2 Å². The molecule has 2 rings (SSSR count). The molecule has 1 aromatic heterocycles. The molecule has 2 aromatic rings. The number of nitrogens with zero attached hydrogens (tertiary/aromatic N) is 2. The number of aromatic nitrogens is 2. The van der Waals surface area contributed by atoms with E-state index in [1.165, 1.54) is 23.1 Å². The molecule has 0 aliphatic carbocycles. The van der Waals surface area contributed by atoms with Crippen LogP contribution in [0.15, 0.2) is 32.9 Å². The van der Waals surface area contributed by atoms with Crippen molar-refractivity contribution in [2.75, 3.05) is 24.4 Å². The van der Waals surface area contributed by atoms with Crippen LogP contribution >= 0.6 is 34.9 Å². The third kappa shape index (κ3) is 4.12. The van der Waals surface area contributed by atoms with Gasteiger partial charge in [0.25, 0.3) is 0 Å². The Kier molecular flexibility index (Phi) is 5.69. The number of methoxy groups -OCH3 is 1. The Labute approximate surface area is 129 Å². The number of benzene rings is 1. The monoisotopic (exact) mass is 327 g/mol. The van der Waals surface area contributed by atoms with Gasteiger partial charge in [0.15, 0.2) is 8.68 Å². The van der Waals surface area contributed by atoms with E-state index in [1.807, 2.05) is 18.4 Å². The number of anilines is 1. The fourth-order valence-corrected chi connectivity index (χ4v) is 3.64. The molecule has 0 fully saturated rings. The molecule has 5 nitrogen and oxygen atoms in total. The van der Waals surface area contributed by atoms with Gasteiger partial charge in [0.2, 0.25) is 5.91 Å². The number of hydrogen-bond donors (Lipinski definition) is 1. The first-order chi connectivity index (χ1) is 9.72. The molecular formula is C12H13N3O2S3. The summed E-state index contributed by atoms with van der Waals surface area (Å²) in [6.45, 7) is 0. The summed E-state index contributed by atoms with van der Waals surface area (Å²) in [6.07, 6.45) is 1.95. The molecule has 8 heteroatoms. The Balaban J connectivity index is 1.89. The lowest BCUT2D eigenvalue weighted by Gasteiger charge is -2.08. The van der Waals surface area contributed by atoms with E-state index in [0.29, 0.717) is 17.2 Å². The van der Waals surface area contributed by atoms with Gasteiger partial charge in [-0.05, 0) is 18.4 Å². The van der Waals surface area contributed by atoms with Crippen LogP contribution in [0.3, 0.4) is 0 Å². The molecule has 0 aliphatic heterocycles. The first-order valence-electron chi connectivity index (χ1n) is 5.66. The molecule has 0 saturated carbocycles. The predicted octanol–water partition coefficient (Wildman–Crippen LogP) is 3.00. The SMILES string of the molecule is COc1ccccc1NC(=O)CSc1nnc(SC)s1. The summed E-state index contributed by atoms with van der Waals surface area (Å²) in [7, 11) is 1.57. The van der Waals surface area contributed by atoms with Crippen LogP contribution in [0.5, 0.6) is 5.75 Å². The Morgan fingerprint density at radius 3 is 2.80 bits per heavy atom. The number of rotatable bonds is 6. The standard InChI is InChI=1S/C12H13N3O2S3/c1-17-9-6-4-3-5-8(9)13-10(16)7-19-12-15-14-11(18-2)20-12/h3-6H,7H2,1-2H3,(H,13,16). The lowest BCUT2D eigenvalue weighted by atomic mass is 10.3. The highest BCUT2D eigenvalue weighted by atomic mass is 32.2. The van der Waals surface area contributed by atoms with Crippen molar-refractivity contribution < 1.29 is 9.53 Å². The molecular weight excluding hydrogens is 314 g/mol. The number of amides is 1. The molecule has 1 aromatic carbocycles. The molecule has 0 saturated heterocycles. The zero-order chi connectivity index (χ0) is 14.4. The van der Waals surface area contributed by atoms with Crippen LogP contribution in [0, 0.1) is 0 Å². The third-order valence-electron chi connectivity index (χ3n) is 2.27. The molecule has 20 heavy (non-hydrogen) atoms. The summed E-state index contributed by atoms with van der Waals surface area (Å²) in [6, 6.07) is 7.31. The minimum atomic E-state index is -0.0969. The van der Waals surface area contributed by atoms with E-state index in [0.717, 1.165) is 8.68 Å². The van der Waals surface area contributed by atoms with Crippen molar-refractivity contribution in [2.45, 2.75) is 8.68 Å². The van der Waals surface area contributed by atoms with Crippen molar-refractivity contribution in [3.63, 3.8) is 0 Å². The number of hydrogen-bond acceptors (Lipinski definition) is 7. The van der Waals surface area contributed by atoms with E-state index in [4.69, 9.17) is 4.74 Å². The molecule has 0 aliphatic rings. The van der Waals surface area contributed by atoms with Crippen LogP contribution in [0.2, 0.25) is 0 Å². The maximum atomic E-state index is 11.9. The molecule has 1 N–H and O–H groups in total. The van der Waals surface area contributed by atoms with E-state index in [9.17, 15) is 4.79 Å². The van der Waals surface area contributed by atoms with E-state index in [-0.39, 0.29) is 5.91 Å². The minimum Gasteiger partial charge on any atom is -0.495 e. The van der Waals surface area contributed by atoms with Crippen molar-refractivity contribution in [1.29, 1.82) is 0 Å². The summed E-state index contributed by atoms with van der Waals surface area (Å²) in [4.78, 5) is 11.9. The van der Waals surface area contributed by atoms with Gasteiger partial charge < -0.3 is 10.1 Å². The molecule has 0 bridgehead atoms. The fraction of sp³-hybridized carbons (Fsp3) is 0.250. The van der Waals surface area contributed by atoms with Gasteiger partial charge in [-0.15, -0.1) is 10.2 Å². The van der Waals surface area contributed by atoms with Gasteiger partial charge in [0, 0.05) is 0 Å². The lowest BCUT2D eigenvalue weighted by Crippen LogP contribution is -2.14. The van der Waals surface area contributed by atoms with E-state index in [1.54, 1.807) is 31.0 Å². The average molecular weight is 327 g/mol. The highest BCUT2D eigenvalue weighted by Crippen LogP contribution is 2.28. The summed E-state index contributed by atoms with van der Waals surface area (Å²) in [5.74, 6) is 0.841. The zero-order valence-corrected chi connectivity index (χ0v) is 13.4. The largest absolute Gasteiger partial charge is 0.495 e. The number of carbonyl (C=O) groups is 1. The molecule has 1 amide bonds. The second-order valence-corrected chi connectivity index (χ2v) is 6.83. The number of ether oxygens (including phenoxy) is 1. The normalized spacial score (nSPS) is 10.3. The molecule has 0 unspecified atom stereocenters. The molecule has 1 heterocycles. The number of carbonyl (C=O) groups excluding carboxylic acids is 1. The highest BCUT2D eigenvalue weighted by molar-refractivity contribution is 8.03. The maximum Gasteiger partial charge on any atom is 0.234 e. The van der Waals surface area contributed by atoms with Gasteiger partial charge in [0.05, 0.1) is 18.6 Å². The highest BCUT2D eigenvalue weighted by Gasteiger charge is 2.10. The summed E-state index contributed by atoms with van der Waals surface area (Å²) in [5, 5.41) is 10.8. The average Bonchev–Trinajstić information content (AvgIpc) is 2.94. The summed E-state index contributed by atoms with van der Waals surface area (Å²) in [5.41, 5.74) is 0.669. The van der Waals surface area contributed by atoms with Crippen LogP contribution < -0.4 is 10.1 Å². The zero-order valence-electron chi connectivity index (χ0n) is 11.0. The Bertz CT molecular complexity index is 589. The van der Waals surface area contributed by atoms with Crippen molar-refractivity contribution in [3.05, 3.63) is 24.3 Å². The van der Waals surface area contributed by atoms with Crippen molar-refractivity contribution in [1.82, 2.24) is 10.2 Å². The predicted molar refractivity (Wildman–Crippen MR) is 84.0 cm³/mol.